The van der Waals surface area contributed by atoms with Gasteiger partial charge in [-0.15, -0.1) is 0 Å². The molecule has 0 aromatic carbocycles. The number of aromatic nitrogens is 1. The first kappa shape index (κ1) is 5.47. The van der Waals surface area contributed by atoms with Crippen molar-refractivity contribution < 1.29 is 0 Å². The van der Waals surface area contributed by atoms with Crippen LogP contribution in [0.4, 0.5) is 5.69 Å². The second-order valence-electron chi connectivity index (χ2n) is 2.19. The summed E-state index contributed by atoms with van der Waals surface area (Å²) < 4.78 is 0. The van der Waals surface area contributed by atoms with E-state index in [-0.39, 0.29) is 0 Å². The fraction of sp³-hybridized carbons (Fsp3) is 0.125. The maximum absolute atomic E-state index is 4.17. The minimum Gasteiger partial charge on any atom is -0.259 e. The summed E-state index contributed by atoms with van der Waals surface area (Å²) in [6, 6.07) is 3.88. The molecule has 0 amide bonds. The van der Waals surface area contributed by atoms with Crippen LogP contribution >= 0.6 is 0 Å². The van der Waals surface area contributed by atoms with Crippen LogP contribution < -0.4 is 5.32 Å². The van der Waals surface area contributed by atoms with Crippen molar-refractivity contribution >= 4 is 5.69 Å². The molecule has 0 bridgehead atoms. The fourth-order valence-electron chi connectivity index (χ4n) is 1.00. The summed E-state index contributed by atoms with van der Waals surface area (Å²) >= 11 is 0. The predicted octanol–water partition coefficient (Wildman–Crippen LogP) is 1.39. The third-order valence-electron chi connectivity index (χ3n) is 1.50. The third kappa shape index (κ3) is 0.778. The van der Waals surface area contributed by atoms with Gasteiger partial charge in [-0.2, -0.15) is 0 Å². The summed E-state index contributed by atoms with van der Waals surface area (Å²) in [5.74, 6) is 0. The Morgan fingerprint density at radius 3 is 3.30 bits per heavy atom. The van der Waals surface area contributed by atoms with Gasteiger partial charge in [-0.05, 0) is 12.1 Å². The summed E-state index contributed by atoms with van der Waals surface area (Å²) in [5.41, 5.74) is 2.08. The van der Waals surface area contributed by atoms with Crippen molar-refractivity contribution in [2.75, 3.05) is 0 Å². The van der Waals surface area contributed by atoms with Gasteiger partial charge in [-0.25, -0.2) is 0 Å². The minimum atomic E-state index is 0.916. The Balaban J connectivity index is 2.47. The zero-order valence-corrected chi connectivity index (χ0v) is 5.49. The highest BCUT2D eigenvalue weighted by Crippen LogP contribution is 2.16. The number of allylic oxidation sites excluding steroid dienone is 1. The van der Waals surface area contributed by atoms with Crippen molar-refractivity contribution in [3.63, 3.8) is 0 Å². The van der Waals surface area contributed by atoms with Gasteiger partial charge in [0, 0.05) is 18.8 Å². The Hall–Kier alpha value is -1.31. The van der Waals surface area contributed by atoms with E-state index >= 15 is 0 Å². The van der Waals surface area contributed by atoms with E-state index in [2.05, 4.69) is 10.3 Å². The van der Waals surface area contributed by atoms with Gasteiger partial charge in [-0.3, -0.25) is 10.3 Å². The van der Waals surface area contributed by atoms with Gasteiger partial charge >= 0.3 is 0 Å². The Morgan fingerprint density at radius 2 is 2.40 bits per heavy atom. The highest BCUT2D eigenvalue weighted by atomic mass is 14.9. The Labute approximate surface area is 59.6 Å². The van der Waals surface area contributed by atoms with E-state index in [0.29, 0.717) is 0 Å². The SMILES string of the molecule is C1=C[N]c2cccnc2C1. The fourth-order valence-corrected chi connectivity index (χ4v) is 1.00. The van der Waals surface area contributed by atoms with E-state index in [4.69, 9.17) is 0 Å². The van der Waals surface area contributed by atoms with Crippen molar-refractivity contribution in [3.05, 3.63) is 36.3 Å². The largest absolute Gasteiger partial charge is 0.259 e. The predicted molar refractivity (Wildman–Crippen MR) is 38.9 cm³/mol. The molecule has 0 unspecified atom stereocenters. The number of hydrogen-bond acceptors (Lipinski definition) is 1. The van der Waals surface area contributed by atoms with E-state index in [1.165, 1.54) is 0 Å². The zero-order chi connectivity index (χ0) is 6.81. The third-order valence-corrected chi connectivity index (χ3v) is 1.50. The Kier molecular flexibility index (Phi) is 1.17. The Bertz CT molecular complexity index is 239. The molecular weight excluding hydrogens is 124 g/mol. The van der Waals surface area contributed by atoms with Crippen molar-refractivity contribution in [2.45, 2.75) is 6.42 Å². The molecule has 1 aliphatic rings. The topological polar surface area (TPSA) is 27.0 Å². The van der Waals surface area contributed by atoms with Crippen molar-refractivity contribution in [1.29, 1.82) is 0 Å². The number of fused-ring (bicyclic) bond motifs is 1. The molecule has 2 nitrogen and oxygen atoms in total. The molecule has 49 valence electrons. The molecule has 2 heterocycles. The highest BCUT2D eigenvalue weighted by Gasteiger charge is 2.03. The van der Waals surface area contributed by atoms with Crippen molar-refractivity contribution in [1.82, 2.24) is 10.3 Å². The van der Waals surface area contributed by atoms with Crippen LogP contribution in [0.5, 0.6) is 0 Å². The normalized spacial score (nSPS) is 14.0. The molecule has 1 aromatic heterocycles. The molecule has 10 heavy (non-hydrogen) atoms. The number of nitrogens with zero attached hydrogens (tertiary/aromatic N) is 2. The lowest BCUT2D eigenvalue weighted by molar-refractivity contribution is 0.995. The first-order valence-corrected chi connectivity index (χ1v) is 3.26. The molecule has 0 N–H and O–H groups in total. The number of rotatable bonds is 0. The van der Waals surface area contributed by atoms with Gasteiger partial charge in [0.2, 0.25) is 0 Å². The monoisotopic (exact) mass is 131 g/mol. The van der Waals surface area contributed by atoms with Crippen LogP contribution in [0, 0.1) is 0 Å². The van der Waals surface area contributed by atoms with E-state index in [0.717, 1.165) is 17.8 Å². The number of pyridine rings is 1. The van der Waals surface area contributed by atoms with Crippen LogP contribution in [0.15, 0.2) is 30.6 Å². The average Bonchev–Trinajstić information content (AvgIpc) is 2.05. The highest BCUT2D eigenvalue weighted by molar-refractivity contribution is 5.44. The molecule has 2 heteroatoms. The van der Waals surface area contributed by atoms with Crippen LogP contribution in [0.3, 0.4) is 0 Å². The van der Waals surface area contributed by atoms with Gasteiger partial charge in [0.05, 0.1) is 11.4 Å². The molecule has 1 radical (unpaired) electrons. The first-order chi connectivity index (χ1) is 4.97. The van der Waals surface area contributed by atoms with Gasteiger partial charge in [-0.1, -0.05) is 6.08 Å². The second-order valence-corrected chi connectivity index (χ2v) is 2.19. The minimum absolute atomic E-state index is 0.916. The van der Waals surface area contributed by atoms with Crippen molar-refractivity contribution in [2.24, 2.45) is 0 Å². The number of hydrogen-bond donors (Lipinski definition) is 0. The summed E-state index contributed by atoms with van der Waals surface area (Å²) in [6.07, 6.45) is 6.55. The summed E-state index contributed by atoms with van der Waals surface area (Å²) in [6.45, 7) is 0. The van der Waals surface area contributed by atoms with E-state index in [9.17, 15) is 0 Å². The lowest BCUT2D eigenvalue weighted by atomic mass is 10.2. The van der Waals surface area contributed by atoms with Crippen LogP contribution in [-0.4, -0.2) is 4.98 Å². The van der Waals surface area contributed by atoms with E-state index < -0.39 is 0 Å². The summed E-state index contributed by atoms with van der Waals surface area (Å²) in [7, 11) is 0. The van der Waals surface area contributed by atoms with Crippen molar-refractivity contribution in [3.8, 4) is 0 Å². The van der Waals surface area contributed by atoms with E-state index in [1.807, 2.05) is 24.4 Å². The standard InChI is InChI=1S/C8H7N2/c1-3-7-8(9-5-1)4-2-6-10-7/h1-3,5-6H,4H2. The second kappa shape index (κ2) is 2.14. The lowest BCUT2D eigenvalue weighted by Gasteiger charge is -2.06. The molecule has 0 fully saturated rings. The van der Waals surface area contributed by atoms with Gasteiger partial charge < -0.3 is 0 Å². The molecule has 0 aliphatic carbocycles. The van der Waals surface area contributed by atoms with Crippen LogP contribution in [0.25, 0.3) is 0 Å². The van der Waals surface area contributed by atoms with Gasteiger partial charge in [0.25, 0.3) is 0 Å². The smallest absolute Gasteiger partial charge is 0.0848 e. The molecule has 2 rings (SSSR count). The van der Waals surface area contributed by atoms with Gasteiger partial charge in [0.15, 0.2) is 0 Å². The quantitative estimate of drug-likeness (QED) is 0.522. The maximum Gasteiger partial charge on any atom is 0.0848 e. The van der Waals surface area contributed by atoms with E-state index in [1.54, 1.807) is 6.20 Å². The first-order valence-electron chi connectivity index (χ1n) is 3.26. The summed E-state index contributed by atoms with van der Waals surface area (Å²) in [4.78, 5) is 4.17. The molecule has 1 aliphatic heterocycles. The molecule has 0 saturated heterocycles. The van der Waals surface area contributed by atoms with Crippen LogP contribution in [0.1, 0.15) is 5.69 Å². The summed E-state index contributed by atoms with van der Waals surface area (Å²) in [5, 5.41) is 4.15. The van der Waals surface area contributed by atoms with Gasteiger partial charge in [0.1, 0.15) is 0 Å². The molecular formula is C8H7N2. The Morgan fingerprint density at radius 1 is 1.40 bits per heavy atom. The average molecular weight is 131 g/mol. The maximum atomic E-state index is 4.17. The molecule has 0 atom stereocenters. The zero-order valence-electron chi connectivity index (χ0n) is 5.49. The van der Waals surface area contributed by atoms with Crippen LogP contribution in [0.2, 0.25) is 0 Å². The molecule has 0 spiro atoms. The lowest BCUT2D eigenvalue weighted by Crippen LogP contribution is -2.00. The molecule has 1 aromatic rings. The van der Waals surface area contributed by atoms with Crippen LogP contribution in [-0.2, 0) is 6.42 Å². The molecule has 0 saturated carbocycles.